The van der Waals surface area contributed by atoms with E-state index in [1.54, 1.807) is 6.08 Å². The average Bonchev–Trinajstić information content (AvgIpc) is 3.43. The van der Waals surface area contributed by atoms with E-state index in [1.165, 1.54) is 135 Å². The van der Waals surface area contributed by atoms with Crippen LogP contribution in [-0.4, -0.2) is 87.5 Å². The lowest BCUT2D eigenvalue weighted by atomic mass is 9.99. The summed E-state index contributed by atoms with van der Waals surface area (Å²) in [4.78, 5) is 13.1. The molecule has 0 aromatic heterocycles. The Balaban J connectivity index is 2.27. The maximum absolute atomic E-state index is 13.1. The van der Waals surface area contributed by atoms with Gasteiger partial charge in [0.25, 0.3) is 0 Å². The maximum atomic E-state index is 13.1. The highest BCUT2D eigenvalue weighted by Crippen LogP contribution is 2.23. The highest BCUT2D eigenvalue weighted by Gasteiger charge is 2.44. The molecule has 6 N–H and O–H groups in total. The molecule has 440 valence electrons. The van der Waals surface area contributed by atoms with E-state index in [0.29, 0.717) is 6.42 Å². The SMILES string of the molecule is CC/C=C\C/C=C\C/C=C\C/C=C\C/C=C\C/C=C\C/C=C\C/C=C\C/C=C\CCCC(=O)NC(COC1OC(CO)C(O)C(O)C1O)C(O)/C=C/CCCCCCCCCCCCCCCCCCCCCCCCC. The Morgan fingerprint density at radius 2 is 0.805 bits per heavy atom. The molecule has 1 heterocycles. The molecule has 0 aromatic rings. The summed E-state index contributed by atoms with van der Waals surface area (Å²) in [6.07, 6.45) is 77.0. The Morgan fingerprint density at radius 1 is 0.455 bits per heavy atom. The van der Waals surface area contributed by atoms with Gasteiger partial charge in [0.1, 0.15) is 24.4 Å². The first kappa shape index (κ1) is 71.6. The molecular formula is C68H115NO8. The van der Waals surface area contributed by atoms with Crippen LogP contribution in [0.4, 0.5) is 0 Å². The molecule has 0 bridgehead atoms. The van der Waals surface area contributed by atoms with Crippen molar-refractivity contribution in [3.8, 4) is 0 Å². The number of rotatable bonds is 52. The second-order valence-corrected chi connectivity index (χ2v) is 21.1. The van der Waals surface area contributed by atoms with Crippen molar-refractivity contribution in [3.05, 3.63) is 122 Å². The van der Waals surface area contributed by atoms with Gasteiger partial charge < -0.3 is 40.3 Å². The third-order valence-electron chi connectivity index (χ3n) is 14.0. The summed E-state index contributed by atoms with van der Waals surface area (Å²) < 4.78 is 11.3. The van der Waals surface area contributed by atoms with Crippen LogP contribution in [0.5, 0.6) is 0 Å². The van der Waals surface area contributed by atoms with Crippen molar-refractivity contribution in [3.63, 3.8) is 0 Å². The van der Waals surface area contributed by atoms with Gasteiger partial charge in [0.2, 0.25) is 5.91 Å². The molecule has 0 spiro atoms. The lowest BCUT2D eigenvalue weighted by Gasteiger charge is -2.40. The van der Waals surface area contributed by atoms with E-state index in [9.17, 15) is 30.3 Å². The summed E-state index contributed by atoms with van der Waals surface area (Å²) in [6, 6.07) is -0.846. The molecule has 1 aliphatic rings. The number of allylic oxidation sites excluding steroid dienone is 19. The number of nitrogens with one attached hydrogen (secondary N) is 1. The van der Waals surface area contributed by atoms with Gasteiger partial charge in [-0.25, -0.2) is 0 Å². The lowest BCUT2D eigenvalue weighted by molar-refractivity contribution is -0.302. The quantitative estimate of drug-likeness (QED) is 0.0261. The third kappa shape index (κ3) is 45.1. The highest BCUT2D eigenvalue weighted by molar-refractivity contribution is 5.76. The topological polar surface area (TPSA) is 149 Å². The zero-order valence-corrected chi connectivity index (χ0v) is 48.9. The van der Waals surface area contributed by atoms with Crippen LogP contribution in [0, 0.1) is 0 Å². The van der Waals surface area contributed by atoms with Gasteiger partial charge in [-0.1, -0.05) is 277 Å². The summed E-state index contributed by atoms with van der Waals surface area (Å²) in [5.74, 6) is -0.237. The van der Waals surface area contributed by atoms with Crippen LogP contribution >= 0.6 is 0 Å². The van der Waals surface area contributed by atoms with Gasteiger partial charge in [-0.3, -0.25) is 4.79 Å². The minimum atomic E-state index is -1.59. The molecule has 1 amide bonds. The highest BCUT2D eigenvalue weighted by atomic mass is 16.7. The number of carbonyl (C=O) groups is 1. The molecule has 1 saturated heterocycles. The zero-order valence-electron chi connectivity index (χ0n) is 48.9. The van der Waals surface area contributed by atoms with E-state index in [2.05, 4.69) is 129 Å². The van der Waals surface area contributed by atoms with E-state index < -0.39 is 49.5 Å². The summed E-state index contributed by atoms with van der Waals surface area (Å²) >= 11 is 0. The van der Waals surface area contributed by atoms with E-state index in [1.807, 2.05) is 6.08 Å². The Labute approximate surface area is 471 Å². The number of aliphatic hydroxyl groups is 5. The Hall–Kier alpha value is -3.41. The van der Waals surface area contributed by atoms with Gasteiger partial charge in [-0.15, -0.1) is 0 Å². The fourth-order valence-corrected chi connectivity index (χ4v) is 9.16. The summed E-state index contributed by atoms with van der Waals surface area (Å²) in [6.45, 7) is 3.64. The van der Waals surface area contributed by atoms with Crippen molar-refractivity contribution in [1.82, 2.24) is 5.32 Å². The van der Waals surface area contributed by atoms with Crippen molar-refractivity contribution in [2.24, 2.45) is 0 Å². The van der Waals surface area contributed by atoms with Crippen molar-refractivity contribution >= 4 is 5.91 Å². The monoisotopic (exact) mass is 1070 g/mol. The van der Waals surface area contributed by atoms with Gasteiger partial charge in [0.15, 0.2) is 6.29 Å². The van der Waals surface area contributed by atoms with Gasteiger partial charge in [-0.05, 0) is 83.5 Å². The number of hydrogen-bond acceptors (Lipinski definition) is 8. The van der Waals surface area contributed by atoms with Crippen molar-refractivity contribution in [1.29, 1.82) is 0 Å². The smallest absolute Gasteiger partial charge is 0.220 e. The Morgan fingerprint density at radius 3 is 1.18 bits per heavy atom. The minimum Gasteiger partial charge on any atom is -0.394 e. The number of carbonyl (C=O) groups excluding carboxylic acids is 1. The molecule has 9 heteroatoms. The molecule has 7 atom stereocenters. The van der Waals surface area contributed by atoms with Crippen LogP contribution < -0.4 is 5.32 Å². The standard InChI is InChI=1S/C68H115NO8/c1-3-5-7-9-11-13-15-17-19-21-23-25-27-29-30-31-32-34-36-38-40-42-44-46-48-50-52-54-56-58-64(72)69-61(60-76-68-67(75)66(74)65(73)63(59-70)77-68)62(71)57-55-53-51-49-47-45-43-41-39-37-35-33-28-26-24-22-20-18-16-14-12-10-8-6-4-2/h5,7,11,13,17,19,23,25,29-30,32,34,38,40,44,46,50,52,55,57,61-63,65-68,70-71,73-75H,3-4,6,8-10,12,14-16,18,20-22,24,26-28,31,33,35-37,39,41-43,45,47-49,51,53-54,56,58-60H2,1-2H3,(H,69,72)/b7-5-,13-11-,19-17-,25-23-,30-29-,34-32-,40-38-,46-44-,52-50-,57-55+. The van der Waals surface area contributed by atoms with Crippen molar-refractivity contribution in [2.45, 2.75) is 288 Å². The molecule has 0 aromatic carbocycles. The van der Waals surface area contributed by atoms with E-state index in [0.717, 1.165) is 83.5 Å². The molecule has 0 saturated carbocycles. The second kappa shape index (κ2) is 55.9. The molecule has 1 fully saturated rings. The predicted octanol–water partition coefficient (Wildman–Crippen LogP) is 16.3. The third-order valence-corrected chi connectivity index (χ3v) is 14.0. The van der Waals surface area contributed by atoms with Gasteiger partial charge in [0.05, 0.1) is 25.4 Å². The zero-order chi connectivity index (χ0) is 55.8. The molecule has 7 unspecified atom stereocenters. The Bertz CT molecular complexity index is 1620. The van der Waals surface area contributed by atoms with Crippen LogP contribution in [0.2, 0.25) is 0 Å². The van der Waals surface area contributed by atoms with Gasteiger partial charge in [-0.2, -0.15) is 0 Å². The van der Waals surface area contributed by atoms with Crippen molar-refractivity contribution in [2.75, 3.05) is 13.2 Å². The maximum Gasteiger partial charge on any atom is 0.220 e. The molecule has 77 heavy (non-hydrogen) atoms. The first-order valence-corrected chi connectivity index (χ1v) is 31.3. The number of amides is 1. The van der Waals surface area contributed by atoms with Gasteiger partial charge >= 0.3 is 0 Å². The molecule has 0 aliphatic carbocycles. The summed E-state index contributed by atoms with van der Waals surface area (Å²) in [7, 11) is 0. The van der Waals surface area contributed by atoms with E-state index in [4.69, 9.17) is 9.47 Å². The second-order valence-electron chi connectivity index (χ2n) is 21.1. The first-order chi connectivity index (χ1) is 37.8. The number of ether oxygens (including phenoxy) is 2. The number of aliphatic hydroxyl groups excluding tert-OH is 5. The number of hydrogen-bond donors (Lipinski definition) is 6. The predicted molar refractivity (Wildman–Crippen MR) is 327 cm³/mol. The van der Waals surface area contributed by atoms with Gasteiger partial charge in [0, 0.05) is 6.42 Å². The average molecular weight is 1070 g/mol. The minimum absolute atomic E-state index is 0.219. The van der Waals surface area contributed by atoms with Crippen molar-refractivity contribution < 1.29 is 39.8 Å². The van der Waals surface area contributed by atoms with Crippen LogP contribution in [0.1, 0.15) is 245 Å². The molecule has 1 rings (SSSR count). The van der Waals surface area contributed by atoms with E-state index >= 15 is 0 Å². The molecule has 0 radical (unpaired) electrons. The van der Waals surface area contributed by atoms with Crippen LogP contribution in [-0.2, 0) is 14.3 Å². The fraction of sp³-hybridized carbons (Fsp3) is 0.691. The van der Waals surface area contributed by atoms with Crippen LogP contribution in [0.15, 0.2) is 122 Å². The fourth-order valence-electron chi connectivity index (χ4n) is 9.16. The normalized spacial score (nSPS) is 19.6. The lowest BCUT2D eigenvalue weighted by Crippen LogP contribution is -2.60. The molecule has 1 aliphatic heterocycles. The van der Waals surface area contributed by atoms with Crippen LogP contribution in [0.3, 0.4) is 0 Å². The largest absolute Gasteiger partial charge is 0.394 e. The van der Waals surface area contributed by atoms with E-state index in [-0.39, 0.29) is 18.9 Å². The Kier molecular flexibility index (Phi) is 52.0. The summed E-state index contributed by atoms with van der Waals surface area (Å²) in [5, 5.41) is 54.6. The first-order valence-electron chi connectivity index (χ1n) is 31.3. The summed E-state index contributed by atoms with van der Waals surface area (Å²) in [5.41, 5.74) is 0. The number of unbranched alkanes of at least 4 members (excludes halogenated alkanes) is 24. The molecule has 9 nitrogen and oxygen atoms in total. The van der Waals surface area contributed by atoms with Crippen LogP contribution in [0.25, 0.3) is 0 Å². The molecular weight excluding hydrogens is 959 g/mol.